The van der Waals surface area contributed by atoms with Gasteiger partial charge in [-0.25, -0.2) is 0 Å². The Hall–Kier alpha value is -2.97. The quantitative estimate of drug-likeness (QED) is 0.614. The monoisotopic (exact) mass is 493 g/mol. The number of hydrogen-bond acceptors (Lipinski definition) is 5. The minimum atomic E-state index is -1.27. The Bertz CT molecular complexity index is 1090. The molecular formula is C28H35N3O5. The molecule has 36 heavy (non-hydrogen) atoms. The van der Waals surface area contributed by atoms with Gasteiger partial charge in [0.1, 0.15) is 11.6 Å². The number of anilines is 1. The number of fused-ring (bicyclic) bond motifs is 2. The molecule has 0 radical (unpaired) electrons. The number of rotatable bonds is 6. The number of amides is 3. The lowest BCUT2D eigenvalue weighted by Crippen LogP contribution is -2.58. The highest BCUT2D eigenvalue weighted by molar-refractivity contribution is 6.04. The van der Waals surface area contributed by atoms with E-state index in [0.717, 1.165) is 18.5 Å². The molecule has 7 atom stereocenters. The predicted molar refractivity (Wildman–Crippen MR) is 135 cm³/mol. The lowest BCUT2D eigenvalue weighted by molar-refractivity contribution is -0.151. The number of ether oxygens (including phenoxy) is 1. The first-order chi connectivity index (χ1) is 17.4. The van der Waals surface area contributed by atoms with Gasteiger partial charge in [0.25, 0.3) is 0 Å². The summed E-state index contributed by atoms with van der Waals surface area (Å²) in [4.78, 5) is 47.2. The largest absolute Gasteiger partial charge is 0.394 e. The summed E-state index contributed by atoms with van der Waals surface area (Å²) in [7, 11) is 0. The summed E-state index contributed by atoms with van der Waals surface area (Å²) in [6.07, 6.45) is 8.67. The second-order valence-corrected chi connectivity index (χ2v) is 10.4. The molecule has 3 amide bonds. The normalized spacial score (nSPS) is 33.2. The Morgan fingerprint density at radius 1 is 1.03 bits per heavy atom. The molecule has 0 bridgehead atoms. The molecule has 2 saturated heterocycles. The van der Waals surface area contributed by atoms with Crippen LogP contribution in [0.25, 0.3) is 0 Å². The number of carbonyl (C=O) groups excluding carboxylic acids is 3. The first-order valence-electron chi connectivity index (χ1n) is 13.0. The standard InChI is InChI=1S/C28H35N3O5/c1-4-10-18(2)29-16-9-14-28-23(26(34)31(19(3)17-32)24(28)27(29)35)22-21(36-28)13-8-15-30(25(22)33)20-11-6-5-7-12-20/h5-9,11-14,18-19,21-24,32H,4,10,15-17H2,1-3H3/t18?,19-,21+,22-,23+,24?,28+/m1/s1. The second kappa shape index (κ2) is 9.48. The van der Waals surface area contributed by atoms with Crippen LogP contribution in [-0.2, 0) is 19.1 Å². The predicted octanol–water partition coefficient (Wildman–Crippen LogP) is 2.14. The molecule has 1 N–H and O–H groups in total. The maximum Gasteiger partial charge on any atom is 0.249 e. The van der Waals surface area contributed by atoms with Crippen molar-refractivity contribution in [3.8, 4) is 0 Å². The molecule has 1 aromatic rings. The highest BCUT2D eigenvalue weighted by Crippen LogP contribution is 2.54. The number of hydrogen-bond donors (Lipinski definition) is 1. The van der Waals surface area contributed by atoms with E-state index in [4.69, 9.17) is 4.74 Å². The number of carbonyl (C=O) groups is 3. The Labute approximate surface area is 212 Å². The molecule has 8 heteroatoms. The van der Waals surface area contributed by atoms with Crippen molar-refractivity contribution >= 4 is 23.4 Å². The minimum Gasteiger partial charge on any atom is -0.394 e. The highest BCUT2D eigenvalue weighted by atomic mass is 16.5. The Morgan fingerprint density at radius 2 is 1.78 bits per heavy atom. The minimum absolute atomic E-state index is 0.00952. The van der Waals surface area contributed by atoms with Gasteiger partial charge in [0.2, 0.25) is 17.7 Å². The second-order valence-electron chi connectivity index (χ2n) is 10.4. The smallest absolute Gasteiger partial charge is 0.249 e. The van der Waals surface area contributed by atoms with Crippen molar-refractivity contribution in [2.24, 2.45) is 11.8 Å². The number of aliphatic hydroxyl groups excluding tert-OH is 1. The molecule has 0 saturated carbocycles. The molecule has 1 spiro atoms. The molecule has 192 valence electrons. The number of benzene rings is 1. The molecule has 4 heterocycles. The zero-order valence-electron chi connectivity index (χ0n) is 21.1. The molecular weight excluding hydrogens is 458 g/mol. The fourth-order valence-electron chi connectivity index (χ4n) is 6.47. The van der Waals surface area contributed by atoms with Gasteiger partial charge in [-0.05, 0) is 32.4 Å². The third kappa shape index (κ3) is 3.61. The molecule has 4 aliphatic rings. The van der Waals surface area contributed by atoms with Crippen molar-refractivity contribution in [1.29, 1.82) is 0 Å². The van der Waals surface area contributed by atoms with E-state index in [-0.39, 0.29) is 30.4 Å². The first-order valence-corrected chi connectivity index (χ1v) is 13.0. The lowest BCUT2D eigenvalue weighted by atomic mass is 9.77. The van der Waals surface area contributed by atoms with Crippen molar-refractivity contribution in [2.45, 2.75) is 63.4 Å². The van der Waals surface area contributed by atoms with E-state index in [0.29, 0.717) is 13.1 Å². The van der Waals surface area contributed by atoms with Crippen molar-refractivity contribution in [3.05, 3.63) is 54.6 Å². The van der Waals surface area contributed by atoms with Gasteiger partial charge in [-0.15, -0.1) is 0 Å². The van der Waals surface area contributed by atoms with Gasteiger partial charge in [0.05, 0.1) is 30.6 Å². The van der Waals surface area contributed by atoms with E-state index in [2.05, 4.69) is 6.92 Å². The van der Waals surface area contributed by atoms with Gasteiger partial charge in [0, 0.05) is 24.8 Å². The van der Waals surface area contributed by atoms with Gasteiger partial charge >= 0.3 is 0 Å². The molecule has 1 aromatic carbocycles. The summed E-state index contributed by atoms with van der Waals surface area (Å²) in [5.74, 6) is -2.32. The molecule has 2 fully saturated rings. The van der Waals surface area contributed by atoms with Crippen LogP contribution in [0.15, 0.2) is 54.6 Å². The van der Waals surface area contributed by atoms with Crippen LogP contribution in [0.1, 0.15) is 33.6 Å². The van der Waals surface area contributed by atoms with Gasteiger partial charge < -0.3 is 24.5 Å². The summed E-state index contributed by atoms with van der Waals surface area (Å²) in [6, 6.07) is 7.86. The third-order valence-electron chi connectivity index (χ3n) is 8.17. The highest BCUT2D eigenvalue weighted by Gasteiger charge is 2.72. The first kappa shape index (κ1) is 24.7. The van der Waals surface area contributed by atoms with Crippen LogP contribution in [0.3, 0.4) is 0 Å². The van der Waals surface area contributed by atoms with Gasteiger partial charge in [-0.3, -0.25) is 14.4 Å². The van der Waals surface area contributed by atoms with E-state index < -0.39 is 35.6 Å². The Morgan fingerprint density at radius 3 is 2.47 bits per heavy atom. The van der Waals surface area contributed by atoms with Crippen molar-refractivity contribution in [1.82, 2.24) is 9.80 Å². The van der Waals surface area contributed by atoms with Crippen molar-refractivity contribution in [2.75, 3.05) is 24.6 Å². The van der Waals surface area contributed by atoms with Crippen LogP contribution >= 0.6 is 0 Å². The van der Waals surface area contributed by atoms with Crippen LogP contribution in [0, 0.1) is 11.8 Å². The Kier molecular flexibility index (Phi) is 6.51. The fraction of sp³-hybridized carbons (Fsp3) is 0.536. The fourth-order valence-corrected chi connectivity index (χ4v) is 6.47. The SMILES string of the molecule is CCCC(C)N1CC=C[C@]23O[C@H]4C=CCN(c5ccccc5)C(=O)[C@H]4[C@H]2C(=O)N([C@H](C)CO)C3C1=O. The summed E-state index contributed by atoms with van der Waals surface area (Å²) in [5.41, 5.74) is -0.517. The zero-order chi connectivity index (χ0) is 25.6. The molecule has 2 unspecified atom stereocenters. The van der Waals surface area contributed by atoms with E-state index in [1.165, 1.54) is 4.90 Å². The van der Waals surface area contributed by atoms with Gasteiger partial charge in [-0.2, -0.15) is 0 Å². The summed E-state index contributed by atoms with van der Waals surface area (Å²) < 4.78 is 6.64. The maximum atomic E-state index is 14.1. The van der Waals surface area contributed by atoms with Gasteiger partial charge in [0.15, 0.2) is 0 Å². The van der Waals surface area contributed by atoms with Gasteiger partial charge in [-0.1, -0.05) is 55.8 Å². The molecule has 4 aliphatic heterocycles. The number of aliphatic hydroxyl groups is 1. The van der Waals surface area contributed by atoms with E-state index >= 15 is 0 Å². The van der Waals surface area contributed by atoms with Crippen LogP contribution < -0.4 is 4.90 Å². The third-order valence-corrected chi connectivity index (χ3v) is 8.17. The van der Waals surface area contributed by atoms with Crippen LogP contribution in [0.5, 0.6) is 0 Å². The molecule has 5 rings (SSSR count). The van der Waals surface area contributed by atoms with E-state index in [9.17, 15) is 19.5 Å². The topological polar surface area (TPSA) is 90.4 Å². The van der Waals surface area contributed by atoms with Crippen LogP contribution in [-0.4, -0.2) is 82.2 Å². The summed E-state index contributed by atoms with van der Waals surface area (Å²) in [5, 5.41) is 10.0. The lowest BCUT2D eigenvalue weighted by Gasteiger charge is -2.39. The molecule has 0 aliphatic carbocycles. The van der Waals surface area contributed by atoms with Crippen LogP contribution in [0.2, 0.25) is 0 Å². The zero-order valence-corrected chi connectivity index (χ0v) is 21.1. The summed E-state index contributed by atoms with van der Waals surface area (Å²) >= 11 is 0. The number of para-hydroxylation sites is 1. The van der Waals surface area contributed by atoms with E-state index in [1.54, 1.807) is 16.7 Å². The summed E-state index contributed by atoms with van der Waals surface area (Å²) in [6.45, 7) is 6.34. The molecule has 0 aromatic heterocycles. The van der Waals surface area contributed by atoms with Crippen LogP contribution in [0.4, 0.5) is 5.69 Å². The Balaban J connectivity index is 1.60. The average Bonchev–Trinajstić information content (AvgIpc) is 3.20. The van der Waals surface area contributed by atoms with Crippen molar-refractivity contribution < 1.29 is 24.2 Å². The average molecular weight is 494 g/mol. The molecule has 8 nitrogen and oxygen atoms in total. The van der Waals surface area contributed by atoms with Crippen molar-refractivity contribution in [3.63, 3.8) is 0 Å². The maximum absolute atomic E-state index is 14.1. The number of likely N-dealkylation sites (tertiary alicyclic amines) is 1. The van der Waals surface area contributed by atoms with E-state index in [1.807, 2.05) is 61.6 Å². The number of nitrogens with zero attached hydrogens (tertiary/aromatic N) is 3.